The summed E-state index contributed by atoms with van der Waals surface area (Å²) in [4.78, 5) is 2.14. The van der Waals surface area contributed by atoms with E-state index in [4.69, 9.17) is 18.9 Å². The first-order valence-corrected chi connectivity index (χ1v) is 11.1. The van der Waals surface area contributed by atoms with Gasteiger partial charge in [-0.2, -0.15) is 4.57 Å². The fourth-order valence-electron chi connectivity index (χ4n) is 3.27. The zero-order chi connectivity index (χ0) is 19.6. The second-order valence-corrected chi connectivity index (χ2v) is 8.40. The zero-order valence-corrected chi connectivity index (χ0v) is 17.6. The average Bonchev–Trinajstić information content (AvgIpc) is 3.36. The summed E-state index contributed by atoms with van der Waals surface area (Å²) >= 11 is 3.26. The van der Waals surface area contributed by atoms with Crippen molar-refractivity contribution in [1.82, 2.24) is 0 Å². The Morgan fingerprint density at radius 2 is 1.21 bits per heavy atom. The molecule has 0 saturated carbocycles. The second-order valence-electron chi connectivity index (χ2n) is 6.58. The minimum Gasteiger partial charge on any atom is -0.485 e. The molecule has 7 heteroatoms. The van der Waals surface area contributed by atoms with Gasteiger partial charge in [-0.25, -0.2) is 0 Å². The van der Waals surface area contributed by atoms with Crippen molar-refractivity contribution in [2.75, 3.05) is 26.4 Å². The maximum atomic E-state index is 5.76. The molecule has 0 amide bonds. The lowest BCUT2D eigenvalue weighted by Gasteiger charge is -2.15. The van der Waals surface area contributed by atoms with Crippen molar-refractivity contribution in [3.8, 4) is 23.0 Å². The molecule has 29 heavy (non-hydrogen) atoms. The van der Waals surface area contributed by atoms with E-state index >= 15 is 0 Å². The van der Waals surface area contributed by atoms with Crippen LogP contribution in [0.5, 0.6) is 23.0 Å². The molecule has 148 valence electrons. The van der Waals surface area contributed by atoms with E-state index in [1.54, 1.807) is 22.7 Å². The van der Waals surface area contributed by atoms with Crippen LogP contribution in [0, 0.1) is 0 Å². The van der Waals surface area contributed by atoms with Gasteiger partial charge in [0.1, 0.15) is 33.5 Å². The van der Waals surface area contributed by atoms with Gasteiger partial charge in [0.25, 0.3) is 0 Å². The van der Waals surface area contributed by atoms with Crippen LogP contribution in [0.15, 0.2) is 29.0 Å². The van der Waals surface area contributed by atoms with E-state index in [1.165, 1.54) is 0 Å². The molecule has 2 aliphatic rings. The molecule has 0 radical (unpaired) electrons. The molecule has 5 heterocycles. The van der Waals surface area contributed by atoms with E-state index in [0.29, 0.717) is 26.4 Å². The van der Waals surface area contributed by atoms with Gasteiger partial charge in [0.2, 0.25) is 11.4 Å². The van der Waals surface area contributed by atoms with Crippen LogP contribution in [0.1, 0.15) is 21.1 Å². The molecule has 0 spiro atoms. The van der Waals surface area contributed by atoms with Crippen molar-refractivity contribution >= 4 is 47.0 Å². The van der Waals surface area contributed by atoms with Crippen LogP contribution in [0.2, 0.25) is 0 Å². The van der Waals surface area contributed by atoms with Crippen LogP contribution in [0.3, 0.4) is 0 Å². The van der Waals surface area contributed by atoms with Crippen molar-refractivity contribution in [2.45, 2.75) is 0 Å². The van der Waals surface area contributed by atoms with Crippen molar-refractivity contribution in [2.24, 2.45) is 7.05 Å². The lowest BCUT2D eigenvalue weighted by Crippen LogP contribution is -2.35. The largest absolute Gasteiger partial charge is 0.485 e. The topological polar surface area (TPSA) is 40.8 Å². The lowest BCUT2D eigenvalue weighted by atomic mass is 10.2. The van der Waals surface area contributed by atoms with Crippen LogP contribution >= 0.6 is 22.7 Å². The number of hydrogen-bond donors (Lipinski definition) is 0. The molecule has 3 aromatic rings. The van der Waals surface area contributed by atoms with E-state index in [9.17, 15) is 0 Å². The fraction of sp³-hybridized carbons (Fsp3) is 0.227. The summed E-state index contributed by atoms with van der Waals surface area (Å²) in [5.74, 6) is 3.38. The average molecular weight is 427 g/mol. The Labute approximate surface area is 177 Å². The van der Waals surface area contributed by atoms with Crippen LogP contribution in [-0.4, -0.2) is 26.4 Å². The molecule has 0 saturated heterocycles. The summed E-state index contributed by atoms with van der Waals surface area (Å²) in [6.07, 6.45) is 8.38. The molecule has 5 nitrogen and oxygen atoms in total. The lowest BCUT2D eigenvalue weighted by molar-refractivity contribution is -0.675. The third-order valence-corrected chi connectivity index (χ3v) is 6.59. The van der Waals surface area contributed by atoms with Gasteiger partial charge < -0.3 is 18.9 Å². The summed E-state index contributed by atoms with van der Waals surface area (Å²) in [5.41, 5.74) is 2.19. The smallest absolute Gasteiger partial charge is 0.205 e. The number of ether oxygens (including phenoxy) is 4. The van der Waals surface area contributed by atoms with E-state index in [-0.39, 0.29) is 0 Å². The van der Waals surface area contributed by atoms with Gasteiger partial charge in [-0.05, 0) is 18.2 Å². The van der Waals surface area contributed by atoms with Gasteiger partial charge in [-0.3, -0.25) is 0 Å². The maximum Gasteiger partial charge on any atom is 0.205 e. The Hall–Kier alpha value is -2.77. The van der Waals surface area contributed by atoms with Gasteiger partial charge in [0.15, 0.2) is 23.0 Å². The van der Waals surface area contributed by atoms with Gasteiger partial charge in [0.05, 0.1) is 9.75 Å². The maximum absolute atomic E-state index is 5.76. The number of thiophene rings is 2. The molecule has 3 aromatic heterocycles. The van der Waals surface area contributed by atoms with E-state index < -0.39 is 0 Å². The van der Waals surface area contributed by atoms with Gasteiger partial charge >= 0.3 is 0 Å². The molecule has 0 fully saturated rings. The van der Waals surface area contributed by atoms with Crippen LogP contribution in [-0.2, 0) is 7.05 Å². The number of rotatable bonds is 4. The van der Waals surface area contributed by atoms with Crippen molar-refractivity contribution in [3.63, 3.8) is 0 Å². The summed E-state index contributed by atoms with van der Waals surface area (Å²) < 4.78 is 24.9. The van der Waals surface area contributed by atoms with Crippen LogP contribution in [0.4, 0.5) is 0 Å². The Bertz CT molecular complexity index is 1010. The van der Waals surface area contributed by atoms with Crippen molar-refractivity contribution in [1.29, 1.82) is 0 Å². The molecule has 0 N–H and O–H groups in total. The van der Waals surface area contributed by atoms with E-state index in [1.807, 2.05) is 10.8 Å². The first-order valence-electron chi connectivity index (χ1n) is 9.39. The predicted molar refractivity (Wildman–Crippen MR) is 116 cm³/mol. The molecule has 0 aromatic carbocycles. The van der Waals surface area contributed by atoms with Crippen molar-refractivity contribution < 1.29 is 23.5 Å². The standard InChI is InChI=1S/C22H20NO4S2/c1-23-15(5-7-19-21-17(13-28-19)24-9-11-26-21)3-2-4-16(23)6-8-20-22-18(14-29-20)25-10-12-27-22/h2-8,13-14H,9-12H2,1H3/q+1. The van der Waals surface area contributed by atoms with Crippen LogP contribution in [0.25, 0.3) is 24.3 Å². The highest BCUT2D eigenvalue weighted by atomic mass is 32.1. The zero-order valence-electron chi connectivity index (χ0n) is 15.9. The van der Waals surface area contributed by atoms with Gasteiger partial charge in [-0.1, -0.05) is 0 Å². The molecular weight excluding hydrogens is 406 g/mol. The number of pyridine rings is 1. The highest BCUT2D eigenvalue weighted by Crippen LogP contribution is 2.41. The minimum absolute atomic E-state index is 0.597. The summed E-state index contributed by atoms with van der Waals surface area (Å²) in [5, 5.41) is 4.00. The summed E-state index contributed by atoms with van der Waals surface area (Å²) in [6, 6.07) is 6.25. The Kier molecular flexibility index (Phi) is 4.99. The molecule has 2 aliphatic heterocycles. The molecule has 0 bridgehead atoms. The predicted octanol–water partition coefficient (Wildman–Crippen LogP) is 4.52. The minimum atomic E-state index is 0.597. The van der Waals surface area contributed by atoms with Crippen molar-refractivity contribution in [3.05, 3.63) is 50.1 Å². The number of hydrogen-bond acceptors (Lipinski definition) is 6. The Balaban J connectivity index is 1.39. The third-order valence-electron chi connectivity index (χ3n) is 4.78. The number of fused-ring (bicyclic) bond motifs is 2. The van der Waals surface area contributed by atoms with E-state index in [2.05, 4.69) is 54.1 Å². The number of aromatic nitrogens is 1. The first kappa shape index (κ1) is 18.3. The number of nitrogens with zero attached hydrogens (tertiary/aromatic N) is 1. The van der Waals surface area contributed by atoms with Gasteiger partial charge in [0, 0.05) is 35.0 Å². The second kappa shape index (κ2) is 7.93. The highest BCUT2D eigenvalue weighted by Gasteiger charge is 2.18. The molecule has 0 atom stereocenters. The molecule has 0 unspecified atom stereocenters. The third kappa shape index (κ3) is 3.63. The van der Waals surface area contributed by atoms with E-state index in [0.717, 1.165) is 44.1 Å². The highest BCUT2D eigenvalue weighted by molar-refractivity contribution is 7.12. The summed E-state index contributed by atoms with van der Waals surface area (Å²) in [7, 11) is 2.06. The molecule has 5 rings (SSSR count). The SMILES string of the molecule is C[n+]1c(C=Cc2scc3c2OCCO3)cccc1C=Cc1scc2c1OCCO2. The normalized spacial score (nSPS) is 15.3. The summed E-state index contributed by atoms with van der Waals surface area (Å²) in [6.45, 7) is 2.42. The quantitative estimate of drug-likeness (QED) is 0.576. The Morgan fingerprint density at radius 3 is 1.72 bits per heavy atom. The molecule has 0 aliphatic carbocycles. The fourth-order valence-corrected chi connectivity index (χ4v) is 4.91. The molecular formula is C22H20NO4S2+. The first-order chi connectivity index (χ1) is 14.3. The monoisotopic (exact) mass is 426 g/mol. The Morgan fingerprint density at radius 1 is 0.724 bits per heavy atom. The van der Waals surface area contributed by atoms with Gasteiger partial charge in [-0.15, -0.1) is 22.7 Å². The van der Waals surface area contributed by atoms with Crippen LogP contribution < -0.4 is 23.5 Å².